The van der Waals surface area contributed by atoms with Crippen molar-refractivity contribution in [2.75, 3.05) is 7.11 Å². The van der Waals surface area contributed by atoms with E-state index in [1.807, 2.05) is 24.3 Å². The van der Waals surface area contributed by atoms with Crippen LogP contribution >= 0.6 is 35.0 Å². The van der Waals surface area contributed by atoms with Gasteiger partial charge in [0.2, 0.25) is 0 Å². The Morgan fingerprint density at radius 3 is 2.54 bits per heavy atom. The maximum absolute atomic E-state index is 12.1. The van der Waals surface area contributed by atoms with Crippen molar-refractivity contribution in [3.8, 4) is 5.75 Å². The first kappa shape index (κ1) is 16.9. The van der Waals surface area contributed by atoms with Gasteiger partial charge in [0, 0.05) is 0 Å². The van der Waals surface area contributed by atoms with E-state index in [0.29, 0.717) is 25.8 Å². The molecule has 3 rings (SSSR count). The van der Waals surface area contributed by atoms with Gasteiger partial charge in [-0.1, -0.05) is 35.3 Å². The van der Waals surface area contributed by atoms with Gasteiger partial charge >= 0.3 is 0 Å². The zero-order chi connectivity index (χ0) is 17.1. The number of amidine groups is 1. The number of ether oxygens (including phenoxy) is 1. The molecule has 0 spiro atoms. The molecule has 0 unspecified atom stereocenters. The van der Waals surface area contributed by atoms with E-state index in [-0.39, 0.29) is 5.91 Å². The summed E-state index contributed by atoms with van der Waals surface area (Å²) < 4.78 is 5.12. The van der Waals surface area contributed by atoms with E-state index in [4.69, 9.17) is 27.9 Å². The number of nitrogens with zero attached hydrogens (tertiary/aromatic N) is 1. The molecule has 1 heterocycles. The lowest BCUT2D eigenvalue weighted by Crippen LogP contribution is -2.19. The van der Waals surface area contributed by atoms with Gasteiger partial charge in [-0.2, -0.15) is 0 Å². The largest absolute Gasteiger partial charge is 0.497 e. The predicted molar refractivity (Wildman–Crippen MR) is 100 cm³/mol. The molecule has 2 aromatic rings. The number of aliphatic imine (C=N–C) groups is 1. The smallest absolute Gasteiger partial charge is 0.264 e. The third kappa shape index (κ3) is 3.93. The molecule has 24 heavy (non-hydrogen) atoms. The minimum absolute atomic E-state index is 0.186. The fourth-order valence-electron chi connectivity index (χ4n) is 2.00. The molecule has 1 N–H and O–H groups in total. The number of halogens is 2. The fraction of sp³-hybridized carbons (Fsp3) is 0.0588. The van der Waals surface area contributed by atoms with Gasteiger partial charge in [0.1, 0.15) is 5.75 Å². The lowest BCUT2D eigenvalue weighted by molar-refractivity contribution is -0.115. The molecular weight excluding hydrogens is 367 g/mol. The Labute approximate surface area is 153 Å². The van der Waals surface area contributed by atoms with Gasteiger partial charge in [-0.05, 0) is 53.7 Å². The van der Waals surface area contributed by atoms with E-state index in [1.54, 1.807) is 31.4 Å². The van der Waals surface area contributed by atoms with Crippen LogP contribution in [0.3, 0.4) is 0 Å². The van der Waals surface area contributed by atoms with Crippen molar-refractivity contribution in [3.05, 3.63) is 63.0 Å². The highest BCUT2D eigenvalue weighted by Crippen LogP contribution is 2.31. The van der Waals surface area contributed by atoms with Crippen molar-refractivity contribution in [1.82, 2.24) is 5.32 Å². The molecule has 1 amide bonds. The summed E-state index contributed by atoms with van der Waals surface area (Å²) in [6, 6.07) is 12.5. The standard InChI is InChI=1S/C17H12Cl2N2O2S/c1-23-12-5-2-10(3-6-12)8-15-16(22)21-17(24-15)20-11-4-7-13(18)14(19)9-11/h2-9H,1H3,(H,20,21,22)/b15-8-. The van der Waals surface area contributed by atoms with Gasteiger partial charge in [-0.25, -0.2) is 4.99 Å². The summed E-state index contributed by atoms with van der Waals surface area (Å²) in [5, 5.41) is 4.11. The van der Waals surface area contributed by atoms with E-state index in [9.17, 15) is 4.79 Å². The number of benzene rings is 2. The summed E-state index contributed by atoms with van der Waals surface area (Å²) in [6.45, 7) is 0. The molecule has 1 fully saturated rings. The van der Waals surface area contributed by atoms with Crippen LogP contribution in [0.25, 0.3) is 6.08 Å². The number of hydrogen-bond acceptors (Lipinski definition) is 4. The summed E-state index contributed by atoms with van der Waals surface area (Å²) in [5.74, 6) is 0.581. The number of hydrogen-bond donors (Lipinski definition) is 1. The normalized spacial score (nSPS) is 17.4. The SMILES string of the molecule is COc1ccc(/C=C2\SC(=Nc3ccc(Cl)c(Cl)c3)NC2=O)cc1. The van der Waals surface area contributed by atoms with E-state index in [0.717, 1.165) is 11.3 Å². The molecule has 0 aromatic heterocycles. The predicted octanol–water partition coefficient (Wildman–Crippen LogP) is 4.89. The molecule has 7 heteroatoms. The minimum atomic E-state index is -0.186. The second-order valence-electron chi connectivity index (χ2n) is 4.85. The summed E-state index contributed by atoms with van der Waals surface area (Å²) in [5.41, 5.74) is 1.53. The Balaban J connectivity index is 1.80. The first-order valence-electron chi connectivity index (χ1n) is 6.94. The number of carbonyl (C=O) groups excluding carboxylic acids is 1. The number of amides is 1. The Bertz CT molecular complexity index is 848. The van der Waals surface area contributed by atoms with Crippen LogP contribution in [0.4, 0.5) is 5.69 Å². The van der Waals surface area contributed by atoms with Crippen LogP contribution in [0.1, 0.15) is 5.56 Å². The Morgan fingerprint density at radius 2 is 1.88 bits per heavy atom. The van der Waals surface area contributed by atoms with E-state index in [2.05, 4.69) is 10.3 Å². The van der Waals surface area contributed by atoms with Crippen molar-refractivity contribution < 1.29 is 9.53 Å². The van der Waals surface area contributed by atoms with Crippen molar-refractivity contribution in [1.29, 1.82) is 0 Å². The molecule has 0 aliphatic carbocycles. The monoisotopic (exact) mass is 378 g/mol. The van der Waals surface area contributed by atoms with Crippen LogP contribution in [0.15, 0.2) is 52.4 Å². The number of carbonyl (C=O) groups is 1. The van der Waals surface area contributed by atoms with Crippen molar-refractivity contribution in [2.45, 2.75) is 0 Å². The Hall–Kier alpha value is -1.95. The average molecular weight is 379 g/mol. The maximum Gasteiger partial charge on any atom is 0.264 e. The number of nitrogens with one attached hydrogen (secondary N) is 1. The zero-order valence-electron chi connectivity index (χ0n) is 12.5. The zero-order valence-corrected chi connectivity index (χ0v) is 14.9. The van der Waals surface area contributed by atoms with Gasteiger partial charge in [-0.15, -0.1) is 0 Å². The molecule has 122 valence electrons. The third-order valence-corrected chi connectivity index (χ3v) is 4.85. The van der Waals surface area contributed by atoms with Gasteiger partial charge in [-0.3, -0.25) is 4.79 Å². The highest BCUT2D eigenvalue weighted by molar-refractivity contribution is 8.18. The third-order valence-electron chi connectivity index (χ3n) is 3.20. The summed E-state index contributed by atoms with van der Waals surface area (Å²) in [7, 11) is 1.61. The molecule has 1 aliphatic rings. The Morgan fingerprint density at radius 1 is 1.12 bits per heavy atom. The van der Waals surface area contributed by atoms with Crippen LogP contribution in [-0.4, -0.2) is 18.2 Å². The summed E-state index contributed by atoms with van der Waals surface area (Å²) in [6.07, 6.45) is 1.80. The van der Waals surface area contributed by atoms with Crippen LogP contribution in [-0.2, 0) is 4.79 Å². The summed E-state index contributed by atoms with van der Waals surface area (Å²) in [4.78, 5) is 17.0. The molecule has 1 saturated heterocycles. The van der Waals surface area contributed by atoms with Crippen molar-refractivity contribution in [3.63, 3.8) is 0 Å². The molecule has 0 radical (unpaired) electrons. The lowest BCUT2D eigenvalue weighted by atomic mass is 10.2. The van der Waals surface area contributed by atoms with Gasteiger partial charge in [0.05, 0.1) is 27.7 Å². The lowest BCUT2D eigenvalue weighted by Gasteiger charge is -1.99. The number of methoxy groups -OCH3 is 1. The molecular formula is C17H12Cl2N2O2S. The first-order valence-corrected chi connectivity index (χ1v) is 8.51. The molecule has 0 saturated carbocycles. The van der Waals surface area contributed by atoms with E-state index < -0.39 is 0 Å². The second kappa shape index (κ2) is 7.30. The van der Waals surface area contributed by atoms with Crippen LogP contribution in [0.2, 0.25) is 10.0 Å². The number of thioether (sulfide) groups is 1. The van der Waals surface area contributed by atoms with Crippen LogP contribution in [0.5, 0.6) is 5.75 Å². The van der Waals surface area contributed by atoms with E-state index >= 15 is 0 Å². The van der Waals surface area contributed by atoms with Crippen LogP contribution in [0, 0.1) is 0 Å². The molecule has 2 aromatic carbocycles. The molecule has 1 aliphatic heterocycles. The topological polar surface area (TPSA) is 50.7 Å². The molecule has 0 bridgehead atoms. The maximum atomic E-state index is 12.1. The van der Waals surface area contributed by atoms with Crippen molar-refractivity contribution in [2.24, 2.45) is 4.99 Å². The molecule has 0 atom stereocenters. The quantitative estimate of drug-likeness (QED) is 0.773. The van der Waals surface area contributed by atoms with Crippen molar-refractivity contribution >= 4 is 57.8 Å². The Kier molecular flexibility index (Phi) is 5.14. The van der Waals surface area contributed by atoms with Gasteiger partial charge < -0.3 is 10.1 Å². The second-order valence-corrected chi connectivity index (χ2v) is 6.70. The summed E-state index contributed by atoms with van der Waals surface area (Å²) >= 11 is 13.1. The molecule has 4 nitrogen and oxygen atoms in total. The fourth-order valence-corrected chi connectivity index (χ4v) is 3.14. The van der Waals surface area contributed by atoms with E-state index in [1.165, 1.54) is 11.8 Å². The number of rotatable bonds is 3. The first-order chi connectivity index (χ1) is 11.5. The van der Waals surface area contributed by atoms with Gasteiger partial charge in [0.25, 0.3) is 5.91 Å². The van der Waals surface area contributed by atoms with Crippen LogP contribution < -0.4 is 10.1 Å². The van der Waals surface area contributed by atoms with Gasteiger partial charge in [0.15, 0.2) is 5.17 Å². The highest BCUT2D eigenvalue weighted by atomic mass is 35.5. The average Bonchev–Trinajstić information content (AvgIpc) is 2.91. The minimum Gasteiger partial charge on any atom is -0.497 e. The highest BCUT2D eigenvalue weighted by Gasteiger charge is 2.23.